The van der Waals surface area contributed by atoms with Gasteiger partial charge in [0.05, 0.1) is 0 Å². The van der Waals surface area contributed by atoms with E-state index in [2.05, 4.69) is 64.6 Å². The van der Waals surface area contributed by atoms with E-state index in [0.29, 0.717) is 0 Å². The van der Waals surface area contributed by atoms with Gasteiger partial charge in [-0.1, -0.05) is 62.4 Å². The number of hydrogen-bond donors (Lipinski definition) is 0. The summed E-state index contributed by atoms with van der Waals surface area (Å²) in [6.45, 7) is 12.8. The van der Waals surface area contributed by atoms with Gasteiger partial charge in [-0.25, -0.2) is 0 Å². The standard InChI is InChI=1S/C17H20/c1-6-8-15-13(7-2)14-10-9-12(3)11-16(14)17(15,4)5/h6-11H,2H2,1,3-5H3/b8-6-. The number of rotatable bonds is 2. The van der Waals surface area contributed by atoms with E-state index in [1.165, 1.54) is 27.8 Å². The molecular weight excluding hydrogens is 204 g/mol. The maximum absolute atomic E-state index is 3.97. The summed E-state index contributed by atoms with van der Waals surface area (Å²) >= 11 is 0. The lowest BCUT2D eigenvalue weighted by Crippen LogP contribution is -2.16. The Morgan fingerprint density at radius 2 is 1.94 bits per heavy atom. The topological polar surface area (TPSA) is 0 Å². The highest BCUT2D eigenvalue weighted by molar-refractivity contribution is 5.87. The lowest BCUT2D eigenvalue weighted by atomic mass is 9.80. The summed E-state index contributed by atoms with van der Waals surface area (Å²) in [7, 11) is 0. The predicted octanol–water partition coefficient (Wildman–Crippen LogP) is 4.80. The molecule has 0 heterocycles. The monoisotopic (exact) mass is 224 g/mol. The molecule has 0 spiro atoms. The van der Waals surface area contributed by atoms with Crippen LogP contribution in [0.3, 0.4) is 0 Å². The van der Waals surface area contributed by atoms with Gasteiger partial charge in [0.25, 0.3) is 0 Å². The molecule has 0 amide bonds. The highest BCUT2D eigenvalue weighted by Gasteiger charge is 2.35. The van der Waals surface area contributed by atoms with E-state index >= 15 is 0 Å². The summed E-state index contributed by atoms with van der Waals surface area (Å²) < 4.78 is 0. The first-order valence-electron chi connectivity index (χ1n) is 6.13. The average Bonchev–Trinajstić information content (AvgIpc) is 2.49. The van der Waals surface area contributed by atoms with Crippen LogP contribution >= 0.6 is 0 Å². The maximum Gasteiger partial charge on any atom is 0.0158 e. The van der Waals surface area contributed by atoms with Crippen LogP contribution in [0, 0.1) is 6.92 Å². The van der Waals surface area contributed by atoms with E-state index in [-0.39, 0.29) is 5.41 Å². The molecule has 0 nitrogen and oxygen atoms in total. The Hall–Kier alpha value is -1.56. The van der Waals surface area contributed by atoms with E-state index in [4.69, 9.17) is 0 Å². The zero-order valence-corrected chi connectivity index (χ0v) is 11.2. The molecule has 1 aliphatic rings. The van der Waals surface area contributed by atoms with Crippen LogP contribution in [-0.4, -0.2) is 0 Å². The van der Waals surface area contributed by atoms with Crippen molar-refractivity contribution in [3.05, 3.63) is 65.3 Å². The Bertz CT molecular complexity index is 525. The summed E-state index contributed by atoms with van der Waals surface area (Å²) in [5.74, 6) is 0. The second kappa shape index (κ2) is 4.03. The van der Waals surface area contributed by atoms with Crippen LogP contribution in [0.5, 0.6) is 0 Å². The summed E-state index contributed by atoms with van der Waals surface area (Å²) in [5.41, 5.74) is 6.81. The highest BCUT2D eigenvalue weighted by Crippen LogP contribution is 2.47. The summed E-state index contributed by atoms with van der Waals surface area (Å²) in [6.07, 6.45) is 6.31. The summed E-state index contributed by atoms with van der Waals surface area (Å²) in [4.78, 5) is 0. The molecule has 1 aliphatic carbocycles. The molecule has 0 N–H and O–H groups in total. The zero-order valence-electron chi connectivity index (χ0n) is 11.2. The Kier molecular flexibility index (Phi) is 2.82. The highest BCUT2D eigenvalue weighted by atomic mass is 14.4. The van der Waals surface area contributed by atoms with Crippen LogP contribution in [0.1, 0.15) is 37.5 Å². The van der Waals surface area contributed by atoms with E-state index in [0.717, 1.165) is 0 Å². The predicted molar refractivity (Wildman–Crippen MR) is 76.1 cm³/mol. The molecule has 1 aromatic carbocycles. The fraction of sp³-hybridized carbons (Fsp3) is 0.294. The van der Waals surface area contributed by atoms with Crippen molar-refractivity contribution in [2.24, 2.45) is 0 Å². The molecule has 0 bridgehead atoms. The van der Waals surface area contributed by atoms with Crippen molar-refractivity contribution in [2.75, 3.05) is 0 Å². The van der Waals surface area contributed by atoms with Gasteiger partial charge < -0.3 is 0 Å². The van der Waals surface area contributed by atoms with Gasteiger partial charge in [0, 0.05) is 5.41 Å². The fourth-order valence-corrected chi connectivity index (χ4v) is 2.72. The van der Waals surface area contributed by atoms with E-state index in [1.54, 1.807) is 0 Å². The quantitative estimate of drug-likeness (QED) is 0.676. The van der Waals surface area contributed by atoms with Gasteiger partial charge in [0.15, 0.2) is 0 Å². The number of aryl methyl sites for hydroxylation is 1. The molecule has 0 aliphatic heterocycles. The van der Waals surface area contributed by atoms with Crippen LogP contribution in [-0.2, 0) is 5.41 Å². The molecule has 0 unspecified atom stereocenters. The Labute approximate surface area is 104 Å². The van der Waals surface area contributed by atoms with Gasteiger partial charge in [-0.05, 0) is 36.1 Å². The molecule has 2 rings (SSSR count). The SMILES string of the molecule is C=CC1=C(/C=C\C)C(C)(C)c2cc(C)ccc21. The fourth-order valence-electron chi connectivity index (χ4n) is 2.72. The van der Waals surface area contributed by atoms with Crippen LogP contribution < -0.4 is 0 Å². The zero-order chi connectivity index (χ0) is 12.6. The molecule has 0 saturated carbocycles. The van der Waals surface area contributed by atoms with Gasteiger partial charge >= 0.3 is 0 Å². The third-order valence-electron chi connectivity index (χ3n) is 3.64. The van der Waals surface area contributed by atoms with Crippen LogP contribution in [0.15, 0.2) is 48.6 Å². The van der Waals surface area contributed by atoms with Gasteiger partial charge in [0.1, 0.15) is 0 Å². The molecule has 0 atom stereocenters. The van der Waals surface area contributed by atoms with Gasteiger partial charge in [-0.15, -0.1) is 0 Å². The molecule has 0 fully saturated rings. The molecule has 0 aromatic heterocycles. The van der Waals surface area contributed by atoms with Crippen LogP contribution in [0.25, 0.3) is 5.57 Å². The molecule has 88 valence electrons. The van der Waals surface area contributed by atoms with Crippen LogP contribution in [0.4, 0.5) is 0 Å². The maximum atomic E-state index is 3.97. The first-order valence-corrected chi connectivity index (χ1v) is 6.13. The third kappa shape index (κ3) is 1.68. The molecule has 1 aromatic rings. The van der Waals surface area contributed by atoms with Crippen molar-refractivity contribution >= 4 is 5.57 Å². The minimum Gasteiger partial charge on any atom is -0.0984 e. The van der Waals surface area contributed by atoms with E-state index < -0.39 is 0 Å². The van der Waals surface area contributed by atoms with Crippen molar-refractivity contribution in [1.82, 2.24) is 0 Å². The van der Waals surface area contributed by atoms with E-state index in [9.17, 15) is 0 Å². The number of benzene rings is 1. The Morgan fingerprint density at radius 1 is 1.24 bits per heavy atom. The van der Waals surface area contributed by atoms with Crippen LogP contribution in [0.2, 0.25) is 0 Å². The Morgan fingerprint density at radius 3 is 2.53 bits per heavy atom. The average molecular weight is 224 g/mol. The van der Waals surface area contributed by atoms with Gasteiger partial charge in [0.2, 0.25) is 0 Å². The third-order valence-corrected chi connectivity index (χ3v) is 3.64. The smallest absolute Gasteiger partial charge is 0.0158 e. The largest absolute Gasteiger partial charge is 0.0984 e. The first-order chi connectivity index (χ1) is 8.02. The van der Waals surface area contributed by atoms with Gasteiger partial charge in [-0.2, -0.15) is 0 Å². The van der Waals surface area contributed by atoms with Crippen molar-refractivity contribution < 1.29 is 0 Å². The molecule has 17 heavy (non-hydrogen) atoms. The minimum atomic E-state index is 0.0807. The van der Waals surface area contributed by atoms with Crippen molar-refractivity contribution in [3.8, 4) is 0 Å². The molecule has 0 radical (unpaired) electrons. The first kappa shape index (κ1) is 11.9. The normalized spacial score (nSPS) is 17.6. The number of fused-ring (bicyclic) bond motifs is 1. The second-order valence-electron chi connectivity index (χ2n) is 5.21. The van der Waals surface area contributed by atoms with Crippen molar-refractivity contribution in [2.45, 2.75) is 33.1 Å². The number of hydrogen-bond acceptors (Lipinski definition) is 0. The Balaban J connectivity index is 2.75. The van der Waals surface area contributed by atoms with Crippen molar-refractivity contribution in [1.29, 1.82) is 0 Å². The summed E-state index contributed by atoms with van der Waals surface area (Å²) in [5, 5.41) is 0. The molecule has 0 heteroatoms. The van der Waals surface area contributed by atoms with Gasteiger partial charge in [-0.3, -0.25) is 0 Å². The van der Waals surface area contributed by atoms with Crippen molar-refractivity contribution in [3.63, 3.8) is 0 Å². The van der Waals surface area contributed by atoms with E-state index in [1.807, 2.05) is 6.08 Å². The summed E-state index contributed by atoms with van der Waals surface area (Å²) in [6, 6.07) is 6.70. The molecular formula is C17H20. The lowest BCUT2D eigenvalue weighted by Gasteiger charge is -2.23. The number of allylic oxidation sites excluding steroid dienone is 5. The lowest BCUT2D eigenvalue weighted by molar-refractivity contribution is 0.653. The molecule has 0 saturated heterocycles. The second-order valence-corrected chi connectivity index (χ2v) is 5.21. The minimum absolute atomic E-state index is 0.0807.